The van der Waals surface area contributed by atoms with Gasteiger partial charge < -0.3 is 0 Å². The second-order valence-electron chi connectivity index (χ2n) is 1.53. The van der Waals surface area contributed by atoms with Crippen molar-refractivity contribution in [2.45, 2.75) is 4.90 Å². The first-order chi connectivity index (χ1) is 4.33. The van der Waals surface area contributed by atoms with Crippen LogP contribution in [0.15, 0.2) is 29.2 Å². The summed E-state index contributed by atoms with van der Waals surface area (Å²) in [6.45, 7) is 0. The SMILES string of the molecule is FSc1ccc(F)cc1. The largest absolute Gasteiger partial charge is 0.207 e. The van der Waals surface area contributed by atoms with Crippen LogP contribution >= 0.6 is 12.1 Å². The number of rotatable bonds is 1. The van der Waals surface area contributed by atoms with Crippen LogP contribution in [0.2, 0.25) is 0 Å². The van der Waals surface area contributed by atoms with Gasteiger partial charge in [-0.05, 0) is 24.3 Å². The van der Waals surface area contributed by atoms with Gasteiger partial charge in [0.25, 0.3) is 0 Å². The van der Waals surface area contributed by atoms with E-state index >= 15 is 0 Å². The number of benzene rings is 1. The second-order valence-corrected chi connectivity index (χ2v) is 2.16. The first kappa shape index (κ1) is 6.55. The predicted molar refractivity (Wildman–Crippen MR) is 33.4 cm³/mol. The molecule has 0 aliphatic rings. The van der Waals surface area contributed by atoms with E-state index in [-0.39, 0.29) is 18.0 Å². The van der Waals surface area contributed by atoms with Crippen LogP contribution in [0.3, 0.4) is 0 Å². The molecule has 0 aromatic heterocycles. The minimum Gasteiger partial charge on any atom is -0.207 e. The third kappa shape index (κ3) is 1.68. The minimum atomic E-state index is -0.340. The quantitative estimate of drug-likeness (QED) is 0.587. The van der Waals surface area contributed by atoms with Crippen molar-refractivity contribution >= 4 is 12.1 Å². The fraction of sp³-hybridized carbons (Fsp3) is 0. The van der Waals surface area contributed by atoms with Crippen molar-refractivity contribution in [3.63, 3.8) is 0 Å². The molecule has 0 fully saturated rings. The Morgan fingerprint density at radius 3 is 2.11 bits per heavy atom. The van der Waals surface area contributed by atoms with Gasteiger partial charge in [-0.1, -0.05) is 0 Å². The smallest absolute Gasteiger partial charge is 0.123 e. The Bertz CT molecular complexity index is 183. The first-order valence-electron chi connectivity index (χ1n) is 2.37. The average Bonchev–Trinajstić information content (AvgIpc) is 1.90. The lowest BCUT2D eigenvalue weighted by Crippen LogP contribution is -1.70. The van der Waals surface area contributed by atoms with Gasteiger partial charge in [-0.2, -0.15) is 3.89 Å². The Labute approximate surface area is 56.2 Å². The first-order valence-corrected chi connectivity index (χ1v) is 3.09. The maximum absolute atomic E-state index is 12.1. The van der Waals surface area contributed by atoms with Crippen LogP contribution in [0.25, 0.3) is 0 Å². The van der Waals surface area contributed by atoms with Crippen LogP contribution in [0.4, 0.5) is 8.28 Å². The lowest BCUT2D eigenvalue weighted by atomic mass is 10.4. The van der Waals surface area contributed by atoms with Crippen molar-refractivity contribution in [2.75, 3.05) is 0 Å². The molecule has 0 saturated heterocycles. The van der Waals surface area contributed by atoms with Gasteiger partial charge in [-0.3, -0.25) is 0 Å². The zero-order valence-electron chi connectivity index (χ0n) is 4.47. The summed E-state index contributed by atoms with van der Waals surface area (Å²) in [7, 11) is 0. The Hall–Kier alpha value is -0.570. The van der Waals surface area contributed by atoms with Crippen molar-refractivity contribution < 1.29 is 8.28 Å². The average molecular weight is 146 g/mol. The molecule has 0 saturated carbocycles. The normalized spacial score (nSPS) is 9.56. The van der Waals surface area contributed by atoms with E-state index < -0.39 is 0 Å². The Balaban J connectivity index is 2.88. The van der Waals surface area contributed by atoms with Gasteiger partial charge in [0.2, 0.25) is 0 Å². The molecule has 0 spiro atoms. The molecule has 0 aliphatic carbocycles. The summed E-state index contributed by atoms with van der Waals surface area (Å²) < 4.78 is 23.7. The Morgan fingerprint density at radius 2 is 1.67 bits per heavy atom. The van der Waals surface area contributed by atoms with Crippen molar-refractivity contribution in [2.24, 2.45) is 0 Å². The van der Waals surface area contributed by atoms with E-state index in [2.05, 4.69) is 0 Å². The zero-order valence-corrected chi connectivity index (χ0v) is 5.29. The third-order valence-electron chi connectivity index (χ3n) is 0.903. The molecule has 1 aromatic carbocycles. The van der Waals surface area contributed by atoms with Crippen LogP contribution in [-0.2, 0) is 0 Å². The van der Waals surface area contributed by atoms with E-state index in [1.807, 2.05) is 0 Å². The molecular formula is C6H4F2S. The molecule has 0 bridgehead atoms. The molecule has 0 atom stereocenters. The van der Waals surface area contributed by atoms with Gasteiger partial charge >= 0.3 is 0 Å². The van der Waals surface area contributed by atoms with E-state index in [1.165, 1.54) is 24.3 Å². The van der Waals surface area contributed by atoms with Crippen molar-refractivity contribution in [3.8, 4) is 0 Å². The van der Waals surface area contributed by atoms with Crippen molar-refractivity contribution in [3.05, 3.63) is 30.1 Å². The summed E-state index contributed by atoms with van der Waals surface area (Å²) in [5, 5.41) is 0. The molecule has 0 N–H and O–H groups in total. The summed E-state index contributed by atoms with van der Waals surface area (Å²) in [6, 6.07) is 5.23. The molecule has 0 radical (unpaired) electrons. The maximum atomic E-state index is 12.1. The number of hydrogen-bond acceptors (Lipinski definition) is 1. The van der Waals surface area contributed by atoms with Crippen LogP contribution in [0.5, 0.6) is 0 Å². The Kier molecular flexibility index (Phi) is 2.05. The summed E-state index contributed by atoms with van der Waals surface area (Å²) in [6.07, 6.45) is 0. The summed E-state index contributed by atoms with van der Waals surface area (Å²) in [4.78, 5) is 0.427. The molecule has 0 amide bonds. The lowest BCUT2D eigenvalue weighted by Gasteiger charge is -1.88. The topological polar surface area (TPSA) is 0 Å². The van der Waals surface area contributed by atoms with E-state index in [4.69, 9.17) is 0 Å². The highest BCUT2D eigenvalue weighted by atomic mass is 32.2. The van der Waals surface area contributed by atoms with E-state index in [1.54, 1.807) is 0 Å². The molecule has 0 heterocycles. The fourth-order valence-electron chi connectivity index (χ4n) is 0.486. The highest BCUT2D eigenvalue weighted by Crippen LogP contribution is 2.17. The van der Waals surface area contributed by atoms with Gasteiger partial charge in [0.15, 0.2) is 0 Å². The van der Waals surface area contributed by atoms with Gasteiger partial charge in [0.1, 0.15) is 5.82 Å². The van der Waals surface area contributed by atoms with Crippen molar-refractivity contribution in [1.29, 1.82) is 0 Å². The number of hydrogen-bond donors (Lipinski definition) is 0. The predicted octanol–water partition coefficient (Wildman–Crippen LogP) is 2.80. The molecule has 3 heteroatoms. The van der Waals surface area contributed by atoms with Gasteiger partial charge in [0.05, 0.1) is 12.1 Å². The van der Waals surface area contributed by atoms with Gasteiger partial charge in [0, 0.05) is 4.90 Å². The Morgan fingerprint density at radius 1 is 1.11 bits per heavy atom. The number of halogens is 2. The van der Waals surface area contributed by atoms with Gasteiger partial charge in [-0.25, -0.2) is 4.39 Å². The van der Waals surface area contributed by atoms with Crippen LogP contribution < -0.4 is 0 Å². The summed E-state index contributed by atoms with van der Waals surface area (Å²) in [5.74, 6) is -0.340. The molecular weight excluding hydrogens is 142 g/mol. The molecule has 0 aliphatic heterocycles. The fourth-order valence-corrected chi connectivity index (χ4v) is 0.725. The highest BCUT2D eigenvalue weighted by Gasteiger charge is 1.90. The maximum Gasteiger partial charge on any atom is 0.123 e. The zero-order chi connectivity index (χ0) is 6.69. The summed E-state index contributed by atoms with van der Waals surface area (Å²) >= 11 is 0.111. The standard InChI is InChI=1S/C6H4F2S/c7-5-1-3-6(9-8)4-2-5/h1-4H. The van der Waals surface area contributed by atoms with E-state index in [0.717, 1.165) is 0 Å². The molecule has 9 heavy (non-hydrogen) atoms. The summed E-state index contributed by atoms with van der Waals surface area (Å²) in [5.41, 5.74) is 0. The minimum absolute atomic E-state index is 0.111. The molecule has 0 nitrogen and oxygen atoms in total. The van der Waals surface area contributed by atoms with Crippen LogP contribution in [-0.4, -0.2) is 0 Å². The molecule has 1 aromatic rings. The lowest BCUT2D eigenvalue weighted by molar-refractivity contribution is 0.626. The van der Waals surface area contributed by atoms with E-state index in [0.29, 0.717) is 4.90 Å². The second kappa shape index (κ2) is 2.82. The van der Waals surface area contributed by atoms with Crippen molar-refractivity contribution in [1.82, 2.24) is 0 Å². The van der Waals surface area contributed by atoms with E-state index in [9.17, 15) is 8.28 Å². The third-order valence-corrected chi connectivity index (χ3v) is 1.35. The van der Waals surface area contributed by atoms with Crippen LogP contribution in [0.1, 0.15) is 0 Å². The highest BCUT2D eigenvalue weighted by molar-refractivity contribution is 7.94. The molecule has 1 rings (SSSR count). The van der Waals surface area contributed by atoms with Crippen LogP contribution in [0, 0.1) is 5.82 Å². The molecule has 0 unspecified atom stereocenters. The molecule has 48 valence electrons. The van der Waals surface area contributed by atoms with Gasteiger partial charge in [-0.15, -0.1) is 0 Å². The monoisotopic (exact) mass is 146 g/mol.